The molecule has 1 aromatic heterocycles. The topological polar surface area (TPSA) is 137 Å². The largest absolute Gasteiger partial charge is 0.374 e. The monoisotopic (exact) mass is 541 g/mol. The molecule has 0 fully saturated rings. The zero-order valence-corrected chi connectivity index (χ0v) is 21.9. The van der Waals surface area contributed by atoms with E-state index in [0.717, 1.165) is 17.2 Å². The Hall–Kier alpha value is -4.84. The van der Waals surface area contributed by atoms with E-state index in [-0.39, 0.29) is 23.4 Å². The molecule has 12 heteroatoms. The predicted octanol–water partition coefficient (Wildman–Crippen LogP) is 6.19. The summed E-state index contributed by atoms with van der Waals surface area (Å²) in [6.07, 6.45) is 0.564. The van der Waals surface area contributed by atoms with Crippen molar-refractivity contribution in [2.75, 3.05) is 30.4 Å². The SMILES string of the molecule is CC(=O)Nc1cc(N(C)CCCN2C(=O)c3ccccc3C2=O)ccc1N=Nc1snc2ccc(N=O)cc12. The number of carbonyl (C=O) groups excluding carboxylic acids is 3. The van der Waals surface area contributed by atoms with E-state index in [0.29, 0.717) is 57.9 Å². The molecule has 39 heavy (non-hydrogen) atoms. The number of amides is 3. The number of rotatable bonds is 9. The molecule has 0 saturated heterocycles. The van der Waals surface area contributed by atoms with Gasteiger partial charge in [-0.25, -0.2) is 0 Å². The Bertz CT molecular complexity index is 1610. The number of benzene rings is 3. The predicted molar refractivity (Wildman–Crippen MR) is 150 cm³/mol. The summed E-state index contributed by atoms with van der Waals surface area (Å²) in [5, 5.41) is 15.6. The Labute approximate surface area is 227 Å². The second-order valence-corrected chi connectivity index (χ2v) is 9.70. The molecule has 11 nitrogen and oxygen atoms in total. The average Bonchev–Trinajstić information content (AvgIpc) is 3.45. The summed E-state index contributed by atoms with van der Waals surface area (Å²) in [5.41, 5.74) is 3.56. The molecule has 0 spiro atoms. The van der Waals surface area contributed by atoms with Gasteiger partial charge in [-0.2, -0.15) is 4.37 Å². The van der Waals surface area contributed by atoms with Crippen LogP contribution in [0.1, 0.15) is 34.1 Å². The lowest BCUT2D eigenvalue weighted by atomic mass is 10.1. The van der Waals surface area contributed by atoms with Crippen LogP contribution in [0, 0.1) is 4.91 Å². The second kappa shape index (κ2) is 10.9. The maximum Gasteiger partial charge on any atom is 0.261 e. The van der Waals surface area contributed by atoms with Crippen LogP contribution in [0.2, 0.25) is 0 Å². The Morgan fingerprint density at radius 2 is 1.77 bits per heavy atom. The van der Waals surface area contributed by atoms with Gasteiger partial charge in [0.15, 0.2) is 5.00 Å². The van der Waals surface area contributed by atoms with Crippen molar-refractivity contribution in [2.45, 2.75) is 13.3 Å². The van der Waals surface area contributed by atoms with Gasteiger partial charge in [0, 0.05) is 38.1 Å². The maximum atomic E-state index is 12.6. The number of carbonyl (C=O) groups is 3. The summed E-state index contributed by atoms with van der Waals surface area (Å²) >= 11 is 1.14. The quantitative estimate of drug-likeness (QED) is 0.152. The molecule has 1 N–H and O–H groups in total. The van der Waals surface area contributed by atoms with Gasteiger partial charge in [0.1, 0.15) is 11.4 Å². The third-order valence-electron chi connectivity index (χ3n) is 6.28. The molecule has 1 aliphatic rings. The highest BCUT2D eigenvalue weighted by Gasteiger charge is 2.34. The minimum absolute atomic E-state index is 0.262. The molecule has 3 amide bonds. The average molecular weight is 542 g/mol. The van der Waals surface area contributed by atoms with Crippen molar-refractivity contribution in [3.8, 4) is 0 Å². The first kappa shape index (κ1) is 25.8. The zero-order chi connectivity index (χ0) is 27.5. The van der Waals surface area contributed by atoms with E-state index in [4.69, 9.17) is 0 Å². The lowest BCUT2D eigenvalue weighted by Gasteiger charge is -2.22. The third kappa shape index (κ3) is 5.27. The Balaban J connectivity index is 1.29. The number of hydrogen-bond donors (Lipinski definition) is 1. The van der Waals surface area contributed by atoms with Gasteiger partial charge in [-0.3, -0.25) is 19.3 Å². The normalized spacial score (nSPS) is 12.8. The Morgan fingerprint density at radius 3 is 2.46 bits per heavy atom. The molecule has 0 saturated carbocycles. The summed E-state index contributed by atoms with van der Waals surface area (Å²) in [6, 6.07) is 17.1. The number of aromatic nitrogens is 1. The van der Waals surface area contributed by atoms with Crippen molar-refractivity contribution >= 4 is 67.9 Å². The van der Waals surface area contributed by atoms with Crippen LogP contribution in [0.5, 0.6) is 0 Å². The van der Waals surface area contributed by atoms with Gasteiger partial charge in [0.05, 0.1) is 22.3 Å². The third-order valence-corrected chi connectivity index (χ3v) is 7.04. The van der Waals surface area contributed by atoms with Crippen LogP contribution in [0.3, 0.4) is 0 Å². The first-order valence-electron chi connectivity index (χ1n) is 12.1. The van der Waals surface area contributed by atoms with Crippen molar-refractivity contribution in [3.05, 3.63) is 76.7 Å². The highest BCUT2D eigenvalue weighted by molar-refractivity contribution is 7.11. The van der Waals surface area contributed by atoms with Crippen molar-refractivity contribution in [3.63, 3.8) is 0 Å². The van der Waals surface area contributed by atoms with Crippen LogP contribution in [0.15, 0.2) is 76.1 Å². The smallest absolute Gasteiger partial charge is 0.261 e. The van der Waals surface area contributed by atoms with E-state index in [1.165, 1.54) is 11.8 Å². The number of anilines is 2. The molecule has 0 unspecified atom stereocenters. The molecule has 4 aromatic rings. The van der Waals surface area contributed by atoms with Gasteiger partial charge in [0.25, 0.3) is 11.8 Å². The maximum absolute atomic E-state index is 12.6. The number of fused-ring (bicyclic) bond motifs is 2. The summed E-state index contributed by atoms with van der Waals surface area (Å²) in [5.74, 6) is -0.802. The standard InChI is InChI=1S/C27H23N7O4S/c1-16(35)28-24-15-18(33(2)12-5-13-34-26(36)19-6-3-4-7-20(19)27(34)37)9-11-23(24)29-30-25-21-14-17(31-38)8-10-22(21)32-39-25/h3-4,6-11,14-15H,5,12-13H2,1-2H3,(H,28,35). The van der Waals surface area contributed by atoms with E-state index in [1.54, 1.807) is 54.6 Å². The molecule has 2 heterocycles. The number of nitrogens with zero attached hydrogens (tertiary/aromatic N) is 6. The number of imide groups is 1. The fourth-order valence-corrected chi connectivity index (χ4v) is 5.00. The van der Waals surface area contributed by atoms with E-state index in [9.17, 15) is 19.3 Å². The molecule has 5 rings (SSSR count). The summed E-state index contributed by atoms with van der Waals surface area (Å²) in [6.45, 7) is 2.27. The van der Waals surface area contributed by atoms with Gasteiger partial charge in [-0.15, -0.1) is 15.1 Å². The highest BCUT2D eigenvalue weighted by atomic mass is 32.1. The van der Waals surface area contributed by atoms with Gasteiger partial charge >= 0.3 is 0 Å². The fraction of sp³-hybridized carbons (Fsp3) is 0.185. The minimum Gasteiger partial charge on any atom is -0.374 e. The Kier molecular flexibility index (Phi) is 7.19. The molecular weight excluding hydrogens is 518 g/mol. The van der Waals surface area contributed by atoms with E-state index < -0.39 is 0 Å². The molecule has 0 radical (unpaired) electrons. The summed E-state index contributed by atoms with van der Waals surface area (Å²) in [7, 11) is 1.89. The van der Waals surface area contributed by atoms with Crippen LogP contribution in [-0.4, -0.2) is 47.1 Å². The Morgan fingerprint density at radius 1 is 1.03 bits per heavy atom. The fourth-order valence-electron chi connectivity index (χ4n) is 4.32. The van der Waals surface area contributed by atoms with Gasteiger partial charge in [-0.1, -0.05) is 12.1 Å². The van der Waals surface area contributed by atoms with Crippen molar-refractivity contribution in [1.29, 1.82) is 0 Å². The highest BCUT2D eigenvalue weighted by Crippen LogP contribution is 2.36. The zero-order valence-electron chi connectivity index (χ0n) is 21.1. The number of nitrogens with one attached hydrogen (secondary N) is 1. The molecule has 1 aliphatic heterocycles. The molecule has 0 atom stereocenters. The summed E-state index contributed by atoms with van der Waals surface area (Å²) in [4.78, 5) is 51.2. The van der Waals surface area contributed by atoms with Crippen molar-refractivity contribution in [1.82, 2.24) is 9.27 Å². The second-order valence-electron chi connectivity index (χ2n) is 8.95. The van der Waals surface area contributed by atoms with Crippen LogP contribution >= 0.6 is 11.5 Å². The van der Waals surface area contributed by atoms with Gasteiger partial charge in [-0.05, 0) is 71.7 Å². The van der Waals surface area contributed by atoms with Crippen LogP contribution in [0.4, 0.5) is 27.8 Å². The first-order chi connectivity index (χ1) is 18.9. The molecule has 196 valence electrons. The van der Waals surface area contributed by atoms with Crippen LogP contribution in [0.25, 0.3) is 10.9 Å². The lowest BCUT2D eigenvalue weighted by molar-refractivity contribution is -0.114. The van der Waals surface area contributed by atoms with E-state index in [2.05, 4.69) is 25.1 Å². The molecule has 0 aliphatic carbocycles. The van der Waals surface area contributed by atoms with Crippen LogP contribution < -0.4 is 10.2 Å². The number of nitroso groups, excluding NO2 is 1. The van der Waals surface area contributed by atoms with E-state index >= 15 is 0 Å². The van der Waals surface area contributed by atoms with Crippen LogP contribution in [-0.2, 0) is 4.79 Å². The number of hydrogen-bond acceptors (Lipinski definition) is 10. The minimum atomic E-state index is -0.270. The number of azo groups is 1. The molecule has 0 bridgehead atoms. The molecule has 3 aromatic carbocycles. The van der Waals surface area contributed by atoms with E-state index in [1.807, 2.05) is 18.0 Å². The lowest BCUT2D eigenvalue weighted by Crippen LogP contribution is -2.32. The summed E-state index contributed by atoms with van der Waals surface area (Å²) < 4.78 is 4.31. The van der Waals surface area contributed by atoms with Gasteiger partial charge < -0.3 is 10.2 Å². The molecular formula is C27H23N7O4S. The van der Waals surface area contributed by atoms with Crippen molar-refractivity contribution < 1.29 is 14.4 Å². The van der Waals surface area contributed by atoms with Gasteiger partial charge in [0.2, 0.25) is 5.91 Å². The first-order valence-corrected chi connectivity index (χ1v) is 12.9. The van der Waals surface area contributed by atoms with Crippen molar-refractivity contribution in [2.24, 2.45) is 15.4 Å².